The number of rotatable bonds is 5. The molecule has 3 rings (SSSR count). The lowest BCUT2D eigenvalue weighted by Crippen LogP contribution is -2.36. The first-order valence-electron chi connectivity index (χ1n) is 8.20. The molecule has 1 atom stereocenters. The summed E-state index contributed by atoms with van der Waals surface area (Å²) in [6.45, 7) is 8.17. The predicted molar refractivity (Wildman–Crippen MR) is 84.0 cm³/mol. The average molecular weight is 290 g/mol. The van der Waals surface area contributed by atoms with Crippen LogP contribution in [0.1, 0.15) is 31.7 Å². The highest BCUT2D eigenvalue weighted by atomic mass is 16.5. The molecule has 0 aromatic heterocycles. The van der Waals surface area contributed by atoms with Crippen LogP contribution >= 0.6 is 0 Å². The molecule has 0 amide bonds. The van der Waals surface area contributed by atoms with Gasteiger partial charge in [0.1, 0.15) is 0 Å². The van der Waals surface area contributed by atoms with Gasteiger partial charge in [0.15, 0.2) is 11.5 Å². The van der Waals surface area contributed by atoms with Crippen LogP contribution in [0.5, 0.6) is 11.5 Å². The van der Waals surface area contributed by atoms with Crippen LogP contribution in [0.25, 0.3) is 0 Å². The van der Waals surface area contributed by atoms with E-state index in [-0.39, 0.29) is 0 Å². The van der Waals surface area contributed by atoms with Gasteiger partial charge in [0, 0.05) is 25.6 Å². The Morgan fingerprint density at radius 3 is 2.86 bits per heavy atom. The SMILES string of the molecule is CCCN(Cc1ccc2c(c1)OCCCO2)C1CCNC1. The minimum absolute atomic E-state index is 0.668. The smallest absolute Gasteiger partial charge is 0.161 e. The first-order valence-corrected chi connectivity index (χ1v) is 8.20. The lowest BCUT2D eigenvalue weighted by Gasteiger charge is -2.28. The van der Waals surface area contributed by atoms with Gasteiger partial charge in [-0.05, 0) is 43.6 Å². The monoisotopic (exact) mass is 290 g/mol. The van der Waals surface area contributed by atoms with Crippen molar-refractivity contribution < 1.29 is 9.47 Å². The third kappa shape index (κ3) is 3.69. The minimum Gasteiger partial charge on any atom is -0.490 e. The summed E-state index contributed by atoms with van der Waals surface area (Å²) in [5.41, 5.74) is 1.32. The van der Waals surface area contributed by atoms with Gasteiger partial charge in [0.05, 0.1) is 13.2 Å². The zero-order valence-corrected chi connectivity index (χ0v) is 12.9. The van der Waals surface area contributed by atoms with Crippen LogP contribution in [-0.2, 0) is 6.54 Å². The Balaban J connectivity index is 1.71. The summed E-state index contributed by atoms with van der Waals surface area (Å²) in [6, 6.07) is 7.07. The van der Waals surface area contributed by atoms with Crippen LogP contribution in [0.15, 0.2) is 18.2 Å². The molecular formula is C17H26N2O2. The number of hydrogen-bond donors (Lipinski definition) is 1. The summed E-state index contributed by atoms with van der Waals surface area (Å²) in [6.07, 6.45) is 3.41. The number of nitrogens with one attached hydrogen (secondary N) is 1. The second-order valence-corrected chi connectivity index (χ2v) is 5.95. The molecule has 0 saturated carbocycles. The van der Waals surface area contributed by atoms with E-state index in [1.54, 1.807) is 0 Å². The quantitative estimate of drug-likeness (QED) is 0.903. The largest absolute Gasteiger partial charge is 0.490 e. The predicted octanol–water partition coefficient (Wildman–Crippen LogP) is 2.42. The Bertz CT molecular complexity index is 458. The second-order valence-electron chi connectivity index (χ2n) is 5.95. The molecule has 1 aromatic rings. The molecule has 116 valence electrons. The Morgan fingerprint density at radius 1 is 1.24 bits per heavy atom. The molecule has 2 heterocycles. The summed E-state index contributed by atoms with van der Waals surface area (Å²) in [4.78, 5) is 2.60. The van der Waals surface area contributed by atoms with E-state index in [0.29, 0.717) is 6.04 Å². The number of ether oxygens (including phenoxy) is 2. The summed E-state index contributed by atoms with van der Waals surface area (Å²) in [7, 11) is 0. The van der Waals surface area contributed by atoms with E-state index >= 15 is 0 Å². The fourth-order valence-corrected chi connectivity index (χ4v) is 3.17. The zero-order valence-electron chi connectivity index (χ0n) is 12.9. The van der Waals surface area contributed by atoms with Gasteiger partial charge in [-0.1, -0.05) is 13.0 Å². The normalized spacial score (nSPS) is 21.5. The molecule has 2 aliphatic rings. The molecule has 4 heteroatoms. The second kappa shape index (κ2) is 7.14. The van der Waals surface area contributed by atoms with E-state index in [4.69, 9.17) is 9.47 Å². The van der Waals surface area contributed by atoms with Crippen LogP contribution in [0.3, 0.4) is 0 Å². The number of nitrogens with zero attached hydrogens (tertiary/aromatic N) is 1. The fraction of sp³-hybridized carbons (Fsp3) is 0.647. The van der Waals surface area contributed by atoms with Crippen LogP contribution < -0.4 is 14.8 Å². The van der Waals surface area contributed by atoms with Crippen molar-refractivity contribution in [3.63, 3.8) is 0 Å². The molecule has 1 saturated heterocycles. The third-order valence-corrected chi connectivity index (χ3v) is 4.26. The van der Waals surface area contributed by atoms with Crippen molar-refractivity contribution in [3.05, 3.63) is 23.8 Å². The molecule has 0 bridgehead atoms. The molecule has 21 heavy (non-hydrogen) atoms. The van der Waals surface area contributed by atoms with Crippen molar-refractivity contribution in [2.45, 2.75) is 38.8 Å². The van der Waals surface area contributed by atoms with Crippen molar-refractivity contribution in [1.82, 2.24) is 10.2 Å². The lowest BCUT2D eigenvalue weighted by molar-refractivity contribution is 0.199. The summed E-state index contributed by atoms with van der Waals surface area (Å²) < 4.78 is 11.5. The van der Waals surface area contributed by atoms with Crippen LogP contribution in [0.4, 0.5) is 0 Å². The molecule has 0 aliphatic carbocycles. The van der Waals surface area contributed by atoms with E-state index in [9.17, 15) is 0 Å². The first-order chi connectivity index (χ1) is 10.4. The van der Waals surface area contributed by atoms with E-state index in [1.807, 2.05) is 0 Å². The van der Waals surface area contributed by atoms with Crippen molar-refractivity contribution in [2.75, 3.05) is 32.8 Å². The molecule has 2 aliphatic heterocycles. The number of hydrogen-bond acceptors (Lipinski definition) is 4. The summed E-state index contributed by atoms with van der Waals surface area (Å²) in [5.74, 6) is 1.80. The van der Waals surface area contributed by atoms with Gasteiger partial charge in [-0.2, -0.15) is 0 Å². The maximum absolute atomic E-state index is 5.80. The molecule has 0 spiro atoms. The van der Waals surface area contributed by atoms with Gasteiger partial charge in [-0.15, -0.1) is 0 Å². The van der Waals surface area contributed by atoms with E-state index in [1.165, 1.54) is 18.4 Å². The van der Waals surface area contributed by atoms with Gasteiger partial charge in [0.2, 0.25) is 0 Å². The van der Waals surface area contributed by atoms with E-state index in [2.05, 4.69) is 35.3 Å². The number of benzene rings is 1. The van der Waals surface area contributed by atoms with Crippen molar-refractivity contribution in [2.24, 2.45) is 0 Å². The molecule has 0 radical (unpaired) electrons. The van der Waals surface area contributed by atoms with Crippen LogP contribution in [-0.4, -0.2) is 43.8 Å². The summed E-state index contributed by atoms with van der Waals surface area (Å²) >= 11 is 0. The van der Waals surface area contributed by atoms with Gasteiger partial charge in [-0.3, -0.25) is 4.90 Å². The zero-order chi connectivity index (χ0) is 14.5. The molecule has 1 N–H and O–H groups in total. The third-order valence-electron chi connectivity index (χ3n) is 4.26. The fourth-order valence-electron chi connectivity index (χ4n) is 3.17. The van der Waals surface area contributed by atoms with Crippen LogP contribution in [0, 0.1) is 0 Å². The van der Waals surface area contributed by atoms with Crippen molar-refractivity contribution >= 4 is 0 Å². The molecule has 1 fully saturated rings. The van der Waals surface area contributed by atoms with E-state index in [0.717, 1.165) is 57.3 Å². The van der Waals surface area contributed by atoms with Gasteiger partial charge < -0.3 is 14.8 Å². The van der Waals surface area contributed by atoms with Gasteiger partial charge in [-0.25, -0.2) is 0 Å². The van der Waals surface area contributed by atoms with Crippen molar-refractivity contribution in [3.8, 4) is 11.5 Å². The Hall–Kier alpha value is -1.26. The lowest BCUT2D eigenvalue weighted by atomic mass is 10.1. The topological polar surface area (TPSA) is 33.7 Å². The molecule has 1 unspecified atom stereocenters. The highest BCUT2D eigenvalue weighted by Gasteiger charge is 2.22. The number of fused-ring (bicyclic) bond motifs is 1. The molecule has 1 aromatic carbocycles. The maximum atomic E-state index is 5.80. The Kier molecular flexibility index (Phi) is 4.99. The maximum Gasteiger partial charge on any atom is 0.161 e. The van der Waals surface area contributed by atoms with Gasteiger partial charge in [0.25, 0.3) is 0 Å². The minimum atomic E-state index is 0.668. The Morgan fingerprint density at radius 2 is 2.10 bits per heavy atom. The standard InChI is InChI=1S/C17H26N2O2/c1-2-8-19(15-6-7-18-12-15)13-14-4-5-16-17(11-14)21-10-3-9-20-16/h4-5,11,15,18H,2-3,6-10,12-13H2,1H3. The van der Waals surface area contributed by atoms with Crippen molar-refractivity contribution in [1.29, 1.82) is 0 Å². The molecular weight excluding hydrogens is 264 g/mol. The summed E-state index contributed by atoms with van der Waals surface area (Å²) in [5, 5.41) is 3.47. The average Bonchev–Trinajstić information content (AvgIpc) is 2.93. The highest BCUT2D eigenvalue weighted by Crippen LogP contribution is 2.31. The van der Waals surface area contributed by atoms with E-state index < -0.39 is 0 Å². The van der Waals surface area contributed by atoms with Gasteiger partial charge >= 0.3 is 0 Å². The molecule has 4 nitrogen and oxygen atoms in total. The highest BCUT2D eigenvalue weighted by molar-refractivity contribution is 5.43. The first kappa shape index (κ1) is 14.7. The van der Waals surface area contributed by atoms with Crippen LogP contribution in [0.2, 0.25) is 0 Å². The Labute approximate surface area is 127 Å².